The molecule has 1 aromatic heterocycles. The van der Waals surface area contributed by atoms with Crippen LogP contribution in [-0.4, -0.2) is 10.1 Å². The average Bonchev–Trinajstić information content (AvgIpc) is 2.99. The molecule has 1 aromatic carbocycles. The third kappa shape index (κ3) is 2.34. The smallest absolute Gasteiger partial charge is 0.257 e. The second-order valence-corrected chi connectivity index (χ2v) is 5.25. The molecule has 0 radical (unpaired) electrons. The molecule has 1 heterocycles. The summed E-state index contributed by atoms with van der Waals surface area (Å²) in [5.74, 6) is 2.10. The number of rotatable bonds is 3. The second kappa shape index (κ2) is 4.14. The fraction of sp³-hybridized carbons (Fsp3) is 0.333. The zero-order valence-corrected chi connectivity index (χ0v) is 10.8. The number of halogens is 1. The molecule has 2 N–H and O–H groups in total. The van der Waals surface area contributed by atoms with Gasteiger partial charge in [0.2, 0.25) is 0 Å². The van der Waals surface area contributed by atoms with Crippen molar-refractivity contribution >= 4 is 21.6 Å². The third-order valence-corrected chi connectivity index (χ3v) is 3.60. The van der Waals surface area contributed by atoms with Crippen molar-refractivity contribution in [2.45, 2.75) is 19.3 Å². The molecule has 2 aromatic rings. The summed E-state index contributed by atoms with van der Waals surface area (Å²) >= 11 is 3.36. The summed E-state index contributed by atoms with van der Waals surface area (Å²) < 4.78 is 6.12. The number of anilines is 1. The zero-order chi connectivity index (χ0) is 11.8. The minimum absolute atomic E-state index is 0.542. The number of aromatic nitrogens is 2. The van der Waals surface area contributed by atoms with Crippen molar-refractivity contribution in [1.82, 2.24) is 10.1 Å². The Morgan fingerprint density at radius 1 is 1.41 bits per heavy atom. The lowest BCUT2D eigenvalue weighted by Gasteiger charge is -1.99. The van der Waals surface area contributed by atoms with Crippen LogP contribution >= 0.6 is 15.9 Å². The molecule has 0 atom stereocenters. The van der Waals surface area contributed by atoms with E-state index < -0.39 is 0 Å². The molecular formula is C12H12BrN3O. The van der Waals surface area contributed by atoms with E-state index in [1.807, 2.05) is 18.2 Å². The van der Waals surface area contributed by atoms with Crippen LogP contribution < -0.4 is 5.73 Å². The lowest BCUT2D eigenvalue weighted by molar-refractivity contribution is 0.421. The Hall–Kier alpha value is -1.36. The summed E-state index contributed by atoms with van der Waals surface area (Å²) in [6.07, 6.45) is 3.50. The standard InChI is InChI=1S/C12H12BrN3O/c13-9-4-3-8(6-10(9)14)12-15-11(16-17-12)5-7-1-2-7/h3-4,6-7H,1-2,5,14H2. The van der Waals surface area contributed by atoms with Crippen molar-refractivity contribution in [3.05, 3.63) is 28.5 Å². The van der Waals surface area contributed by atoms with Crippen LogP contribution in [-0.2, 0) is 6.42 Å². The van der Waals surface area contributed by atoms with Gasteiger partial charge in [-0.2, -0.15) is 4.98 Å². The zero-order valence-electron chi connectivity index (χ0n) is 9.19. The van der Waals surface area contributed by atoms with Gasteiger partial charge in [0.15, 0.2) is 5.82 Å². The van der Waals surface area contributed by atoms with Crippen molar-refractivity contribution in [2.75, 3.05) is 5.73 Å². The minimum Gasteiger partial charge on any atom is -0.398 e. The van der Waals surface area contributed by atoms with Gasteiger partial charge in [-0.25, -0.2) is 0 Å². The van der Waals surface area contributed by atoms with Gasteiger partial charge in [-0.1, -0.05) is 5.16 Å². The maximum atomic E-state index is 5.82. The van der Waals surface area contributed by atoms with E-state index in [0.717, 1.165) is 28.2 Å². The highest BCUT2D eigenvalue weighted by atomic mass is 79.9. The van der Waals surface area contributed by atoms with Crippen LogP contribution in [0.3, 0.4) is 0 Å². The van der Waals surface area contributed by atoms with Crippen molar-refractivity contribution in [1.29, 1.82) is 0 Å². The topological polar surface area (TPSA) is 64.9 Å². The Balaban J connectivity index is 1.86. The molecule has 88 valence electrons. The molecule has 0 bridgehead atoms. The SMILES string of the molecule is Nc1cc(-c2nc(CC3CC3)no2)ccc1Br. The first-order valence-corrected chi connectivity index (χ1v) is 6.39. The maximum Gasteiger partial charge on any atom is 0.257 e. The molecule has 1 aliphatic rings. The van der Waals surface area contributed by atoms with Crippen molar-refractivity contribution in [3.63, 3.8) is 0 Å². The third-order valence-electron chi connectivity index (χ3n) is 2.88. The Morgan fingerprint density at radius 3 is 2.94 bits per heavy atom. The van der Waals surface area contributed by atoms with E-state index in [0.29, 0.717) is 11.6 Å². The highest BCUT2D eigenvalue weighted by Crippen LogP contribution is 2.32. The van der Waals surface area contributed by atoms with E-state index in [1.54, 1.807) is 0 Å². The molecule has 4 nitrogen and oxygen atoms in total. The van der Waals surface area contributed by atoms with Crippen LogP contribution in [0.1, 0.15) is 18.7 Å². The Bertz CT molecular complexity index is 548. The molecule has 0 saturated heterocycles. The molecule has 0 amide bonds. The number of nitrogens with zero attached hydrogens (tertiary/aromatic N) is 2. The first kappa shape index (κ1) is 10.8. The van der Waals surface area contributed by atoms with Crippen molar-refractivity contribution < 1.29 is 4.52 Å². The van der Waals surface area contributed by atoms with Crippen molar-refractivity contribution in [2.24, 2.45) is 5.92 Å². The van der Waals surface area contributed by atoms with Gasteiger partial charge < -0.3 is 10.3 Å². The van der Waals surface area contributed by atoms with Gasteiger partial charge in [-0.3, -0.25) is 0 Å². The molecular weight excluding hydrogens is 282 g/mol. The monoisotopic (exact) mass is 293 g/mol. The number of nitrogen functional groups attached to an aromatic ring is 1. The minimum atomic E-state index is 0.542. The van der Waals surface area contributed by atoms with Crippen LogP contribution in [0.25, 0.3) is 11.5 Å². The van der Waals surface area contributed by atoms with Crippen LogP contribution in [0.15, 0.2) is 27.2 Å². The molecule has 1 saturated carbocycles. The molecule has 1 aliphatic carbocycles. The maximum absolute atomic E-state index is 5.82. The largest absolute Gasteiger partial charge is 0.398 e. The quantitative estimate of drug-likeness (QED) is 0.884. The normalized spacial score (nSPS) is 15.1. The first-order valence-electron chi connectivity index (χ1n) is 5.60. The van der Waals surface area contributed by atoms with Crippen LogP contribution in [0.2, 0.25) is 0 Å². The average molecular weight is 294 g/mol. The Kier molecular flexibility index (Phi) is 2.63. The van der Waals surface area contributed by atoms with Gasteiger partial charge in [0.25, 0.3) is 5.89 Å². The van der Waals surface area contributed by atoms with Gasteiger partial charge in [0.1, 0.15) is 0 Å². The Labute approximate surface area is 107 Å². The lowest BCUT2D eigenvalue weighted by Crippen LogP contribution is -1.90. The lowest BCUT2D eigenvalue weighted by atomic mass is 10.2. The predicted octanol–water partition coefficient (Wildman–Crippen LogP) is 3.03. The van der Waals surface area contributed by atoms with E-state index in [1.165, 1.54) is 12.8 Å². The van der Waals surface area contributed by atoms with Crippen LogP contribution in [0.5, 0.6) is 0 Å². The highest BCUT2D eigenvalue weighted by Gasteiger charge is 2.24. The van der Waals surface area contributed by atoms with Gasteiger partial charge in [-0.15, -0.1) is 0 Å². The fourth-order valence-electron chi connectivity index (χ4n) is 1.71. The van der Waals surface area contributed by atoms with E-state index in [-0.39, 0.29) is 0 Å². The van der Waals surface area contributed by atoms with Gasteiger partial charge in [0, 0.05) is 22.1 Å². The molecule has 0 unspecified atom stereocenters. The number of benzene rings is 1. The van der Waals surface area contributed by atoms with E-state index >= 15 is 0 Å². The Morgan fingerprint density at radius 2 is 2.24 bits per heavy atom. The van der Waals surface area contributed by atoms with Crippen LogP contribution in [0, 0.1) is 5.92 Å². The summed E-state index contributed by atoms with van der Waals surface area (Å²) in [5, 5.41) is 3.99. The number of hydrogen-bond donors (Lipinski definition) is 1. The van der Waals surface area contributed by atoms with E-state index in [9.17, 15) is 0 Å². The highest BCUT2D eigenvalue weighted by molar-refractivity contribution is 9.10. The van der Waals surface area contributed by atoms with E-state index in [4.69, 9.17) is 10.3 Å². The summed E-state index contributed by atoms with van der Waals surface area (Å²) in [6.45, 7) is 0. The summed E-state index contributed by atoms with van der Waals surface area (Å²) in [6, 6.07) is 5.63. The first-order chi connectivity index (χ1) is 8.22. The molecule has 1 fully saturated rings. The summed E-state index contributed by atoms with van der Waals surface area (Å²) in [4.78, 5) is 4.38. The van der Waals surface area contributed by atoms with Crippen LogP contribution in [0.4, 0.5) is 5.69 Å². The molecule has 3 rings (SSSR count). The van der Waals surface area contributed by atoms with E-state index in [2.05, 4.69) is 26.1 Å². The second-order valence-electron chi connectivity index (χ2n) is 4.40. The molecule has 5 heteroatoms. The molecule has 17 heavy (non-hydrogen) atoms. The summed E-state index contributed by atoms with van der Waals surface area (Å²) in [5.41, 5.74) is 7.35. The molecule has 0 spiro atoms. The number of nitrogens with two attached hydrogens (primary N) is 1. The molecule has 0 aliphatic heterocycles. The number of hydrogen-bond acceptors (Lipinski definition) is 4. The predicted molar refractivity (Wildman–Crippen MR) is 68.3 cm³/mol. The van der Waals surface area contributed by atoms with Gasteiger partial charge in [-0.05, 0) is 52.9 Å². The summed E-state index contributed by atoms with van der Waals surface area (Å²) in [7, 11) is 0. The van der Waals surface area contributed by atoms with Gasteiger partial charge >= 0.3 is 0 Å². The fourth-order valence-corrected chi connectivity index (χ4v) is 1.96. The van der Waals surface area contributed by atoms with Gasteiger partial charge in [0.05, 0.1) is 0 Å². The van der Waals surface area contributed by atoms with Crippen molar-refractivity contribution in [3.8, 4) is 11.5 Å².